The van der Waals surface area contributed by atoms with Gasteiger partial charge in [0.15, 0.2) is 11.5 Å². The first kappa shape index (κ1) is 14.4. The maximum absolute atomic E-state index is 10.3. The van der Waals surface area contributed by atoms with Gasteiger partial charge in [0, 0.05) is 6.08 Å². The van der Waals surface area contributed by atoms with E-state index in [4.69, 9.17) is 14.6 Å². The quantitative estimate of drug-likeness (QED) is 0.582. The van der Waals surface area contributed by atoms with Crippen molar-refractivity contribution in [2.45, 2.75) is 38.5 Å². The molecule has 4 nitrogen and oxygen atoms in total. The Bertz CT molecular complexity index is 479. The van der Waals surface area contributed by atoms with Crippen LogP contribution in [0, 0.1) is 0 Å². The van der Waals surface area contributed by atoms with Crippen LogP contribution in [0.25, 0.3) is 0 Å². The van der Waals surface area contributed by atoms with E-state index in [9.17, 15) is 4.79 Å². The molecule has 1 aromatic rings. The Morgan fingerprint density at radius 1 is 1.15 bits per heavy atom. The Labute approximate surface area is 119 Å². The lowest BCUT2D eigenvalue weighted by Crippen LogP contribution is -1.93. The van der Waals surface area contributed by atoms with Crippen molar-refractivity contribution in [1.82, 2.24) is 0 Å². The van der Waals surface area contributed by atoms with Crippen LogP contribution in [-0.4, -0.2) is 17.9 Å². The minimum atomic E-state index is -0.868. The van der Waals surface area contributed by atoms with Gasteiger partial charge in [-0.15, -0.1) is 0 Å². The van der Waals surface area contributed by atoms with Gasteiger partial charge in [0.05, 0.1) is 0 Å². The van der Waals surface area contributed by atoms with E-state index in [0.717, 1.165) is 50.0 Å². The number of carbonyl (C=O) groups is 1. The molecule has 108 valence electrons. The SMILES string of the molecule is O=C(O)/C=C/CCCCCCc1ccc2c(c1)OCO2. The van der Waals surface area contributed by atoms with Crippen molar-refractivity contribution in [2.75, 3.05) is 6.79 Å². The van der Waals surface area contributed by atoms with E-state index in [1.807, 2.05) is 6.07 Å². The fourth-order valence-electron chi connectivity index (χ4n) is 2.23. The normalized spacial score (nSPS) is 13.0. The number of rotatable bonds is 8. The Morgan fingerprint density at radius 3 is 2.80 bits per heavy atom. The van der Waals surface area contributed by atoms with Gasteiger partial charge >= 0.3 is 5.97 Å². The molecular weight excluding hydrogens is 256 g/mol. The largest absolute Gasteiger partial charge is 0.478 e. The molecule has 0 saturated heterocycles. The molecular formula is C16H20O4. The van der Waals surface area contributed by atoms with E-state index < -0.39 is 5.97 Å². The third-order valence-electron chi connectivity index (χ3n) is 3.28. The fourth-order valence-corrected chi connectivity index (χ4v) is 2.23. The number of hydrogen-bond donors (Lipinski definition) is 1. The molecule has 0 aromatic heterocycles. The second-order valence-corrected chi connectivity index (χ2v) is 4.88. The number of fused-ring (bicyclic) bond motifs is 1. The minimum Gasteiger partial charge on any atom is -0.478 e. The summed E-state index contributed by atoms with van der Waals surface area (Å²) in [5, 5.41) is 8.44. The van der Waals surface area contributed by atoms with Gasteiger partial charge in [-0.25, -0.2) is 4.79 Å². The summed E-state index contributed by atoms with van der Waals surface area (Å²) >= 11 is 0. The van der Waals surface area contributed by atoms with Crippen molar-refractivity contribution in [3.05, 3.63) is 35.9 Å². The summed E-state index contributed by atoms with van der Waals surface area (Å²) in [6.07, 6.45) is 9.31. The van der Waals surface area contributed by atoms with Gasteiger partial charge in [-0.1, -0.05) is 25.0 Å². The number of ether oxygens (including phenoxy) is 2. The number of allylic oxidation sites excluding steroid dienone is 1. The van der Waals surface area contributed by atoms with Crippen LogP contribution in [0.4, 0.5) is 0 Å². The van der Waals surface area contributed by atoms with E-state index >= 15 is 0 Å². The maximum Gasteiger partial charge on any atom is 0.327 e. The lowest BCUT2D eigenvalue weighted by molar-refractivity contribution is -0.131. The van der Waals surface area contributed by atoms with Crippen LogP contribution in [0.5, 0.6) is 11.5 Å². The number of carboxylic acid groups (broad SMARTS) is 1. The highest BCUT2D eigenvalue weighted by Gasteiger charge is 2.12. The molecule has 1 heterocycles. The predicted octanol–water partition coefficient (Wildman–Crippen LogP) is 3.55. The van der Waals surface area contributed by atoms with E-state index in [0.29, 0.717) is 6.79 Å². The number of carboxylic acids is 1. The highest BCUT2D eigenvalue weighted by Crippen LogP contribution is 2.32. The molecule has 2 rings (SSSR count). The van der Waals surface area contributed by atoms with Gasteiger partial charge in [-0.2, -0.15) is 0 Å². The number of aliphatic carboxylic acids is 1. The third kappa shape index (κ3) is 4.61. The first-order valence-corrected chi connectivity index (χ1v) is 7.04. The topological polar surface area (TPSA) is 55.8 Å². The van der Waals surface area contributed by atoms with Gasteiger partial charge in [0.1, 0.15) is 0 Å². The van der Waals surface area contributed by atoms with Crippen LogP contribution >= 0.6 is 0 Å². The summed E-state index contributed by atoms with van der Waals surface area (Å²) in [6, 6.07) is 6.11. The van der Waals surface area contributed by atoms with Gasteiger partial charge in [0.2, 0.25) is 6.79 Å². The van der Waals surface area contributed by atoms with Gasteiger partial charge in [0.25, 0.3) is 0 Å². The molecule has 1 aliphatic heterocycles. The van der Waals surface area contributed by atoms with Crippen molar-refractivity contribution in [2.24, 2.45) is 0 Å². The zero-order chi connectivity index (χ0) is 14.2. The Balaban J connectivity index is 1.58. The van der Waals surface area contributed by atoms with Crippen molar-refractivity contribution < 1.29 is 19.4 Å². The molecule has 0 fully saturated rings. The molecule has 0 bridgehead atoms. The summed E-state index contributed by atoms with van der Waals surface area (Å²) in [4.78, 5) is 10.3. The molecule has 0 radical (unpaired) electrons. The molecule has 0 atom stereocenters. The highest BCUT2D eigenvalue weighted by molar-refractivity contribution is 5.79. The number of aryl methyl sites for hydroxylation is 1. The van der Waals surface area contributed by atoms with Crippen LogP contribution < -0.4 is 9.47 Å². The van der Waals surface area contributed by atoms with Crippen molar-refractivity contribution in [3.63, 3.8) is 0 Å². The summed E-state index contributed by atoms with van der Waals surface area (Å²) in [7, 11) is 0. The molecule has 0 unspecified atom stereocenters. The van der Waals surface area contributed by atoms with Crippen LogP contribution in [0.3, 0.4) is 0 Å². The van der Waals surface area contributed by atoms with Crippen molar-refractivity contribution >= 4 is 5.97 Å². The van der Waals surface area contributed by atoms with Gasteiger partial charge < -0.3 is 14.6 Å². The van der Waals surface area contributed by atoms with E-state index in [2.05, 4.69) is 12.1 Å². The molecule has 1 aliphatic rings. The van der Waals surface area contributed by atoms with Crippen molar-refractivity contribution in [3.8, 4) is 11.5 Å². The number of hydrogen-bond acceptors (Lipinski definition) is 3. The van der Waals surface area contributed by atoms with E-state index in [1.165, 1.54) is 11.6 Å². The van der Waals surface area contributed by atoms with Crippen LogP contribution in [0.15, 0.2) is 30.4 Å². The number of benzene rings is 1. The van der Waals surface area contributed by atoms with Crippen molar-refractivity contribution in [1.29, 1.82) is 0 Å². The predicted molar refractivity (Wildman–Crippen MR) is 76.1 cm³/mol. The average Bonchev–Trinajstić information content (AvgIpc) is 2.89. The molecule has 1 aromatic carbocycles. The van der Waals surface area contributed by atoms with Gasteiger partial charge in [-0.3, -0.25) is 0 Å². The maximum atomic E-state index is 10.3. The second kappa shape index (κ2) is 7.58. The zero-order valence-electron chi connectivity index (χ0n) is 11.5. The smallest absolute Gasteiger partial charge is 0.327 e. The molecule has 4 heteroatoms. The molecule has 20 heavy (non-hydrogen) atoms. The first-order chi connectivity index (χ1) is 9.75. The lowest BCUT2D eigenvalue weighted by atomic mass is 10.0. The average molecular weight is 276 g/mol. The minimum absolute atomic E-state index is 0.322. The number of unbranched alkanes of at least 4 members (excludes halogenated alkanes) is 4. The lowest BCUT2D eigenvalue weighted by Gasteiger charge is -2.03. The monoisotopic (exact) mass is 276 g/mol. The highest BCUT2D eigenvalue weighted by atomic mass is 16.7. The summed E-state index contributed by atoms with van der Waals surface area (Å²) in [6.45, 7) is 0.322. The Hall–Kier alpha value is -1.97. The fraction of sp³-hybridized carbons (Fsp3) is 0.438. The molecule has 0 aliphatic carbocycles. The Morgan fingerprint density at radius 2 is 1.95 bits per heavy atom. The van der Waals surface area contributed by atoms with Gasteiger partial charge in [-0.05, 0) is 43.4 Å². The van der Waals surface area contributed by atoms with E-state index in [1.54, 1.807) is 6.08 Å². The summed E-state index contributed by atoms with van der Waals surface area (Å²) in [5.41, 5.74) is 1.28. The van der Waals surface area contributed by atoms with Crippen LogP contribution in [0.2, 0.25) is 0 Å². The molecule has 0 amide bonds. The second-order valence-electron chi connectivity index (χ2n) is 4.88. The van der Waals surface area contributed by atoms with Crippen LogP contribution in [0.1, 0.15) is 37.7 Å². The third-order valence-corrected chi connectivity index (χ3v) is 3.28. The van der Waals surface area contributed by atoms with E-state index in [-0.39, 0.29) is 0 Å². The molecule has 0 saturated carbocycles. The summed E-state index contributed by atoms with van der Waals surface area (Å²) < 4.78 is 10.6. The standard InChI is InChI=1S/C16H20O4/c17-16(18)8-6-4-2-1-3-5-7-13-9-10-14-15(11-13)20-12-19-14/h6,8-11H,1-5,7,12H2,(H,17,18)/b8-6+. The molecule has 0 spiro atoms. The Kier molecular flexibility index (Phi) is 5.47. The summed E-state index contributed by atoms with van der Waals surface area (Å²) in [5.74, 6) is 0.813. The van der Waals surface area contributed by atoms with Crippen LogP contribution in [-0.2, 0) is 11.2 Å². The zero-order valence-corrected chi connectivity index (χ0v) is 11.5. The first-order valence-electron chi connectivity index (χ1n) is 7.04. The molecule has 1 N–H and O–H groups in total.